The molecule has 0 saturated carbocycles. The molecule has 0 spiro atoms. The maximum atomic E-state index is 13.3. The first-order valence-electron chi connectivity index (χ1n) is 10.3. The van der Waals surface area contributed by atoms with Gasteiger partial charge in [-0.2, -0.15) is 0 Å². The molecular weight excluding hydrogens is 366 g/mol. The Kier molecular flexibility index (Phi) is 5.43. The van der Waals surface area contributed by atoms with E-state index >= 15 is 0 Å². The smallest absolute Gasteiger partial charge is 0.287 e. The van der Waals surface area contributed by atoms with Crippen molar-refractivity contribution in [2.45, 2.75) is 45.7 Å². The van der Waals surface area contributed by atoms with Crippen LogP contribution in [0.25, 0.3) is 10.9 Å². The molecule has 29 heavy (non-hydrogen) atoms. The van der Waals surface area contributed by atoms with E-state index in [-0.39, 0.29) is 17.9 Å². The number of hydrogen-bond donors (Lipinski definition) is 1. The predicted octanol–water partition coefficient (Wildman–Crippen LogP) is 3.99. The number of benzene rings is 1. The van der Waals surface area contributed by atoms with Crippen molar-refractivity contribution in [2.24, 2.45) is 0 Å². The van der Waals surface area contributed by atoms with Crippen LogP contribution in [-0.4, -0.2) is 40.4 Å². The first-order chi connectivity index (χ1) is 14.1. The van der Waals surface area contributed by atoms with Gasteiger partial charge in [-0.25, -0.2) is 0 Å². The summed E-state index contributed by atoms with van der Waals surface area (Å²) in [5.41, 5.74) is 2.76. The molecule has 1 unspecified atom stereocenters. The molecule has 2 aromatic heterocycles. The van der Waals surface area contributed by atoms with Gasteiger partial charge in [-0.3, -0.25) is 9.59 Å². The molecule has 3 heterocycles. The average Bonchev–Trinajstić information content (AvgIpc) is 3.25. The van der Waals surface area contributed by atoms with Crippen LogP contribution in [0.4, 0.5) is 0 Å². The molecule has 1 aromatic carbocycles. The van der Waals surface area contributed by atoms with Crippen LogP contribution in [0.15, 0.2) is 47.1 Å². The van der Waals surface area contributed by atoms with Gasteiger partial charge < -0.3 is 19.2 Å². The van der Waals surface area contributed by atoms with E-state index in [0.29, 0.717) is 18.8 Å². The van der Waals surface area contributed by atoms with Crippen molar-refractivity contribution < 1.29 is 14.0 Å². The second kappa shape index (κ2) is 8.15. The van der Waals surface area contributed by atoms with Crippen molar-refractivity contribution >= 4 is 22.7 Å². The molecule has 1 aliphatic heterocycles. The van der Waals surface area contributed by atoms with E-state index in [4.69, 9.17) is 4.42 Å². The Labute approximate surface area is 170 Å². The summed E-state index contributed by atoms with van der Waals surface area (Å²) in [5, 5.41) is 4.15. The fourth-order valence-electron chi connectivity index (χ4n) is 4.14. The van der Waals surface area contributed by atoms with Crippen LogP contribution < -0.4 is 5.32 Å². The molecular formula is C23H27N3O3. The highest BCUT2D eigenvalue weighted by atomic mass is 16.3. The molecule has 1 fully saturated rings. The topological polar surface area (TPSA) is 67.5 Å². The Morgan fingerprint density at radius 1 is 1.17 bits per heavy atom. The minimum atomic E-state index is -0.186. The number of nitrogens with one attached hydrogen (secondary N) is 1. The van der Waals surface area contributed by atoms with Crippen LogP contribution in [0.5, 0.6) is 0 Å². The Morgan fingerprint density at radius 3 is 2.76 bits per heavy atom. The van der Waals surface area contributed by atoms with Crippen molar-refractivity contribution in [2.75, 3.05) is 13.1 Å². The zero-order chi connectivity index (χ0) is 20.4. The van der Waals surface area contributed by atoms with Crippen molar-refractivity contribution in [1.29, 1.82) is 0 Å². The van der Waals surface area contributed by atoms with Gasteiger partial charge in [0, 0.05) is 36.6 Å². The first-order valence-corrected chi connectivity index (χ1v) is 10.3. The van der Waals surface area contributed by atoms with Gasteiger partial charge in [-0.1, -0.05) is 18.2 Å². The maximum absolute atomic E-state index is 13.3. The van der Waals surface area contributed by atoms with E-state index in [2.05, 4.69) is 22.9 Å². The number of nitrogens with zero attached hydrogens (tertiary/aromatic N) is 2. The summed E-state index contributed by atoms with van der Waals surface area (Å²) in [4.78, 5) is 27.5. The van der Waals surface area contributed by atoms with E-state index in [9.17, 15) is 9.59 Å². The summed E-state index contributed by atoms with van der Waals surface area (Å²) in [6.45, 7) is 6.05. The normalized spacial score (nSPS) is 17.3. The Morgan fingerprint density at radius 2 is 2.00 bits per heavy atom. The fraction of sp³-hybridized carbons (Fsp3) is 0.391. The number of amides is 2. The van der Waals surface area contributed by atoms with Gasteiger partial charge in [-0.15, -0.1) is 0 Å². The zero-order valence-electron chi connectivity index (χ0n) is 17.0. The average molecular weight is 393 g/mol. The van der Waals surface area contributed by atoms with Crippen LogP contribution in [0.3, 0.4) is 0 Å². The molecule has 2 amide bonds. The van der Waals surface area contributed by atoms with E-state index in [1.807, 2.05) is 36.1 Å². The zero-order valence-corrected chi connectivity index (χ0v) is 17.0. The number of para-hydroxylation sites is 1. The van der Waals surface area contributed by atoms with E-state index in [1.54, 1.807) is 12.3 Å². The molecule has 1 saturated heterocycles. The molecule has 152 valence electrons. The Balaban J connectivity index is 1.44. The minimum Gasteiger partial charge on any atom is -0.459 e. The summed E-state index contributed by atoms with van der Waals surface area (Å²) in [5.74, 6) is 0.220. The minimum absolute atomic E-state index is 0.0442. The molecule has 0 radical (unpaired) electrons. The molecule has 1 aliphatic rings. The van der Waals surface area contributed by atoms with Crippen LogP contribution in [-0.2, 0) is 6.54 Å². The van der Waals surface area contributed by atoms with Gasteiger partial charge >= 0.3 is 0 Å². The van der Waals surface area contributed by atoms with Gasteiger partial charge in [0.15, 0.2) is 5.76 Å². The number of hydrogen-bond acceptors (Lipinski definition) is 3. The van der Waals surface area contributed by atoms with Gasteiger partial charge in [0.1, 0.15) is 5.69 Å². The lowest BCUT2D eigenvalue weighted by Gasteiger charge is -2.21. The van der Waals surface area contributed by atoms with Gasteiger partial charge in [0.05, 0.1) is 6.26 Å². The molecule has 3 aromatic rings. The highest BCUT2D eigenvalue weighted by Gasteiger charge is 2.25. The van der Waals surface area contributed by atoms with Crippen molar-refractivity contribution in [3.8, 4) is 0 Å². The SMILES string of the molecule is CCn1c(C(=O)N2CCCC(NC(=O)c3cc(C)co3)CC2)cc2ccccc21. The maximum Gasteiger partial charge on any atom is 0.287 e. The highest BCUT2D eigenvalue weighted by Crippen LogP contribution is 2.22. The quantitative estimate of drug-likeness (QED) is 0.729. The lowest BCUT2D eigenvalue weighted by Crippen LogP contribution is -2.37. The number of aromatic nitrogens is 1. The number of aryl methyl sites for hydroxylation is 2. The standard InChI is InChI=1S/C23H27N3O3/c1-3-26-19-9-5-4-7-17(19)14-20(26)23(28)25-11-6-8-18(10-12-25)24-22(27)21-13-16(2)15-29-21/h4-5,7,9,13-15,18H,3,6,8,10-12H2,1-2H3,(H,24,27). The molecule has 0 aliphatic carbocycles. The second-order valence-electron chi connectivity index (χ2n) is 7.71. The highest BCUT2D eigenvalue weighted by molar-refractivity contribution is 5.98. The number of fused-ring (bicyclic) bond motifs is 1. The van der Waals surface area contributed by atoms with Crippen LogP contribution in [0.2, 0.25) is 0 Å². The third kappa shape index (κ3) is 3.92. The van der Waals surface area contributed by atoms with Crippen LogP contribution in [0.1, 0.15) is 52.8 Å². The summed E-state index contributed by atoms with van der Waals surface area (Å²) < 4.78 is 7.38. The number of likely N-dealkylation sites (tertiary alicyclic amines) is 1. The third-order valence-electron chi connectivity index (χ3n) is 5.65. The largest absolute Gasteiger partial charge is 0.459 e. The molecule has 6 heteroatoms. The van der Waals surface area contributed by atoms with E-state index < -0.39 is 0 Å². The third-order valence-corrected chi connectivity index (χ3v) is 5.65. The van der Waals surface area contributed by atoms with Gasteiger partial charge in [0.2, 0.25) is 0 Å². The van der Waals surface area contributed by atoms with E-state index in [0.717, 1.165) is 48.0 Å². The molecule has 1 atom stereocenters. The van der Waals surface area contributed by atoms with Crippen molar-refractivity contribution in [3.05, 3.63) is 59.7 Å². The Hall–Kier alpha value is -3.02. The summed E-state index contributed by atoms with van der Waals surface area (Å²) in [7, 11) is 0. The number of carbonyl (C=O) groups excluding carboxylic acids is 2. The Bertz CT molecular complexity index is 1030. The molecule has 0 bridgehead atoms. The first kappa shape index (κ1) is 19.3. The lowest BCUT2D eigenvalue weighted by molar-refractivity contribution is 0.0750. The summed E-state index contributed by atoms with van der Waals surface area (Å²) >= 11 is 0. The molecule has 1 N–H and O–H groups in total. The van der Waals surface area contributed by atoms with Gasteiger partial charge in [-0.05, 0) is 56.9 Å². The van der Waals surface area contributed by atoms with Crippen molar-refractivity contribution in [1.82, 2.24) is 14.8 Å². The monoisotopic (exact) mass is 393 g/mol. The lowest BCUT2D eigenvalue weighted by atomic mass is 10.1. The summed E-state index contributed by atoms with van der Waals surface area (Å²) in [6.07, 6.45) is 4.03. The second-order valence-corrected chi connectivity index (χ2v) is 7.71. The van der Waals surface area contributed by atoms with Crippen LogP contribution in [0, 0.1) is 6.92 Å². The van der Waals surface area contributed by atoms with Crippen molar-refractivity contribution in [3.63, 3.8) is 0 Å². The number of rotatable bonds is 4. The number of furan rings is 1. The fourth-order valence-corrected chi connectivity index (χ4v) is 4.14. The van der Waals surface area contributed by atoms with Gasteiger partial charge in [0.25, 0.3) is 11.8 Å². The predicted molar refractivity (Wildman–Crippen MR) is 112 cm³/mol. The molecule has 6 nitrogen and oxygen atoms in total. The molecule has 4 rings (SSSR count). The number of carbonyl (C=O) groups is 2. The van der Waals surface area contributed by atoms with Crippen LogP contribution >= 0.6 is 0 Å². The summed E-state index contributed by atoms with van der Waals surface area (Å²) in [6, 6.07) is 11.9. The van der Waals surface area contributed by atoms with E-state index in [1.165, 1.54) is 0 Å².